The molecule has 1 aromatic heterocycles. The lowest BCUT2D eigenvalue weighted by Gasteiger charge is -2.19. The average Bonchev–Trinajstić information content (AvgIpc) is 2.92. The summed E-state index contributed by atoms with van der Waals surface area (Å²) in [5, 5.41) is 0.721. The molecule has 0 fully saturated rings. The number of carbonyl (C=O) groups is 1. The van der Waals surface area contributed by atoms with Gasteiger partial charge in [-0.3, -0.25) is 4.57 Å². The van der Waals surface area contributed by atoms with Gasteiger partial charge in [0.2, 0.25) is 0 Å². The second-order valence-corrected chi connectivity index (χ2v) is 9.58. The van der Waals surface area contributed by atoms with Crippen molar-refractivity contribution in [1.82, 2.24) is 4.57 Å². The third-order valence-corrected chi connectivity index (χ3v) is 5.79. The number of aromatic nitrogens is 1. The van der Waals surface area contributed by atoms with E-state index in [-0.39, 0.29) is 10.6 Å². The highest BCUT2D eigenvalue weighted by molar-refractivity contribution is 7.90. The molecule has 3 aromatic rings. The first-order valence-corrected chi connectivity index (χ1v) is 10.3. The van der Waals surface area contributed by atoms with E-state index in [4.69, 9.17) is 4.74 Å². The van der Waals surface area contributed by atoms with Crippen molar-refractivity contribution in [1.29, 1.82) is 0 Å². The molecule has 0 saturated carbocycles. The fourth-order valence-electron chi connectivity index (χ4n) is 2.86. The lowest BCUT2D eigenvalue weighted by atomic mass is 10.2. The zero-order valence-corrected chi connectivity index (χ0v) is 16.7. The van der Waals surface area contributed by atoms with Gasteiger partial charge in [0.1, 0.15) is 5.60 Å². The van der Waals surface area contributed by atoms with Crippen molar-refractivity contribution in [3.05, 3.63) is 65.9 Å². The predicted octanol–water partition coefficient (Wildman–Crippen LogP) is 4.71. The van der Waals surface area contributed by atoms with Gasteiger partial charge in [0.15, 0.2) is 9.84 Å². The van der Waals surface area contributed by atoms with E-state index >= 15 is 0 Å². The standard InChI is InChI=1S/C21H23NO4S/c1-15-9-11-17(12-10-15)27(24,25)14-16-13-22(20(23)26-21(2,3)4)19-8-6-5-7-18(16)19/h5-13H,14H2,1-4H3. The van der Waals surface area contributed by atoms with E-state index in [0.29, 0.717) is 11.1 Å². The molecule has 0 amide bonds. The molecule has 0 aliphatic heterocycles. The highest BCUT2D eigenvalue weighted by atomic mass is 32.2. The first kappa shape index (κ1) is 19.2. The van der Waals surface area contributed by atoms with E-state index in [0.717, 1.165) is 10.9 Å². The first-order chi connectivity index (χ1) is 12.6. The van der Waals surface area contributed by atoms with Gasteiger partial charge in [0.05, 0.1) is 16.2 Å². The van der Waals surface area contributed by atoms with Crippen LogP contribution in [0.5, 0.6) is 0 Å². The topological polar surface area (TPSA) is 65.4 Å². The Balaban J connectivity index is 2.03. The molecular weight excluding hydrogens is 362 g/mol. The van der Waals surface area contributed by atoms with Crippen molar-refractivity contribution < 1.29 is 17.9 Å². The van der Waals surface area contributed by atoms with Crippen LogP contribution in [-0.2, 0) is 20.3 Å². The average molecular weight is 385 g/mol. The fraction of sp³-hybridized carbons (Fsp3) is 0.286. The van der Waals surface area contributed by atoms with Gasteiger partial charge in [-0.1, -0.05) is 35.9 Å². The molecule has 0 saturated heterocycles. The zero-order valence-electron chi connectivity index (χ0n) is 15.9. The number of rotatable bonds is 3. The number of benzene rings is 2. The summed E-state index contributed by atoms with van der Waals surface area (Å²) in [5.41, 5.74) is 1.55. The van der Waals surface area contributed by atoms with Crippen LogP contribution < -0.4 is 0 Å². The largest absolute Gasteiger partial charge is 0.443 e. The Hall–Kier alpha value is -2.60. The van der Waals surface area contributed by atoms with E-state index in [2.05, 4.69) is 0 Å². The van der Waals surface area contributed by atoms with Crippen molar-refractivity contribution in [2.24, 2.45) is 0 Å². The van der Waals surface area contributed by atoms with Crippen molar-refractivity contribution >= 4 is 26.8 Å². The summed E-state index contributed by atoms with van der Waals surface area (Å²) in [6.45, 7) is 7.28. The number of carbonyl (C=O) groups excluding carboxylic acids is 1. The van der Waals surface area contributed by atoms with Crippen molar-refractivity contribution in [3.63, 3.8) is 0 Å². The first-order valence-electron chi connectivity index (χ1n) is 8.68. The predicted molar refractivity (Wildman–Crippen MR) is 106 cm³/mol. The number of nitrogens with zero attached hydrogens (tertiary/aromatic N) is 1. The third-order valence-electron chi connectivity index (χ3n) is 4.11. The third kappa shape index (κ3) is 4.22. The molecule has 142 valence electrons. The van der Waals surface area contributed by atoms with Crippen LogP contribution in [0.4, 0.5) is 4.79 Å². The quantitative estimate of drug-likeness (QED) is 0.655. The maximum absolute atomic E-state index is 12.8. The minimum atomic E-state index is -3.53. The van der Waals surface area contributed by atoms with Crippen LogP contribution in [-0.4, -0.2) is 24.7 Å². The van der Waals surface area contributed by atoms with E-state index in [1.807, 2.05) is 19.1 Å². The van der Waals surface area contributed by atoms with E-state index in [1.165, 1.54) is 4.57 Å². The van der Waals surface area contributed by atoms with E-state index in [1.54, 1.807) is 63.4 Å². The molecule has 0 spiro atoms. The maximum Gasteiger partial charge on any atom is 0.419 e. The van der Waals surface area contributed by atoms with Gasteiger partial charge in [-0.15, -0.1) is 0 Å². The molecule has 0 radical (unpaired) electrons. The highest BCUT2D eigenvalue weighted by Gasteiger charge is 2.23. The molecule has 0 bridgehead atoms. The lowest BCUT2D eigenvalue weighted by molar-refractivity contribution is 0.0544. The summed E-state index contributed by atoms with van der Waals surface area (Å²) in [4.78, 5) is 12.8. The summed E-state index contributed by atoms with van der Waals surface area (Å²) in [7, 11) is -3.53. The Bertz CT molecular complexity index is 1090. The Morgan fingerprint density at radius 1 is 1.04 bits per heavy atom. The van der Waals surface area contributed by atoms with Crippen LogP contribution in [0.3, 0.4) is 0 Å². The number of fused-ring (bicyclic) bond motifs is 1. The normalized spacial score (nSPS) is 12.3. The summed E-state index contributed by atoms with van der Waals surface area (Å²) < 4.78 is 32.5. The summed E-state index contributed by atoms with van der Waals surface area (Å²) in [6.07, 6.45) is 1.03. The Morgan fingerprint density at radius 3 is 2.30 bits per heavy atom. The van der Waals surface area contributed by atoms with Gasteiger partial charge in [-0.05, 0) is 51.5 Å². The molecule has 0 aliphatic rings. The number of para-hydroxylation sites is 1. The van der Waals surface area contributed by atoms with E-state index in [9.17, 15) is 13.2 Å². The SMILES string of the molecule is Cc1ccc(S(=O)(=O)Cc2cn(C(=O)OC(C)(C)C)c3ccccc23)cc1. The molecule has 3 rings (SSSR count). The van der Waals surface area contributed by atoms with Crippen LogP contribution in [0.15, 0.2) is 59.6 Å². The molecule has 0 N–H and O–H groups in total. The van der Waals surface area contributed by atoms with Crippen LogP contribution in [0.25, 0.3) is 10.9 Å². The molecule has 0 aliphatic carbocycles. The van der Waals surface area contributed by atoms with Gasteiger partial charge in [-0.25, -0.2) is 13.2 Å². The van der Waals surface area contributed by atoms with Gasteiger partial charge in [0, 0.05) is 11.6 Å². The fourth-order valence-corrected chi connectivity index (χ4v) is 4.22. The zero-order chi connectivity index (χ0) is 19.8. The number of hydrogen-bond donors (Lipinski definition) is 0. The van der Waals surface area contributed by atoms with Crippen LogP contribution in [0, 0.1) is 6.92 Å². The van der Waals surface area contributed by atoms with Crippen LogP contribution in [0.2, 0.25) is 0 Å². The summed E-state index contributed by atoms with van der Waals surface area (Å²) in [6, 6.07) is 14.0. The number of aryl methyl sites for hydroxylation is 1. The van der Waals surface area contributed by atoms with Crippen molar-refractivity contribution in [3.8, 4) is 0 Å². The van der Waals surface area contributed by atoms with Gasteiger partial charge in [-0.2, -0.15) is 0 Å². The minimum absolute atomic E-state index is 0.188. The molecule has 27 heavy (non-hydrogen) atoms. The van der Waals surface area contributed by atoms with Crippen molar-refractivity contribution in [2.75, 3.05) is 0 Å². The van der Waals surface area contributed by atoms with Gasteiger partial charge < -0.3 is 4.74 Å². The molecule has 2 aromatic carbocycles. The highest BCUT2D eigenvalue weighted by Crippen LogP contribution is 2.26. The lowest BCUT2D eigenvalue weighted by Crippen LogP contribution is -2.26. The second-order valence-electron chi connectivity index (χ2n) is 7.59. The van der Waals surface area contributed by atoms with Gasteiger partial charge in [0.25, 0.3) is 0 Å². The van der Waals surface area contributed by atoms with Crippen LogP contribution in [0.1, 0.15) is 31.9 Å². The number of ether oxygens (including phenoxy) is 1. The Morgan fingerprint density at radius 2 is 1.67 bits per heavy atom. The molecular formula is C21H23NO4S. The van der Waals surface area contributed by atoms with Crippen LogP contribution >= 0.6 is 0 Å². The summed E-state index contributed by atoms with van der Waals surface area (Å²) in [5.74, 6) is -0.188. The Kier molecular flexibility index (Phi) is 4.86. The smallest absolute Gasteiger partial charge is 0.419 e. The minimum Gasteiger partial charge on any atom is -0.443 e. The molecule has 0 unspecified atom stereocenters. The monoisotopic (exact) mass is 385 g/mol. The molecule has 6 heteroatoms. The maximum atomic E-state index is 12.8. The molecule has 0 atom stereocenters. The number of sulfone groups is 1. The molecule has 1 heterocycles. The van der Waals surface area contributed by atoms with Gasteiger partial charge >= 0.3 is 6.09 Å². The Labute approximate surface area is 159 Å². The van der Waals surface area contributed by atoms with E-state index < -0.39 is 21.5 Å². The van der Waals surface area contributed by atoms with Crippen molar-refractivity contribution in [2.45, 2.75) is 43.9 Å². The second kappa shape index (κ2) is 6.85. The summed E-state index contributed by atoms with van der Waals surface area (Å²) >= 11 is 0. The molecule has 5 nitrogen and oxygen atoms in total. The number of hydrogen-bond acceptors (Lipinski definition) is 4.